The van der Waals surface area contributed by atoms with Crippen LogP contribution in [0.2, 0.25) is 0 Å². The Hall–Kier alpha value is 0.210. The van der Waals surface area contributed by atoms with Crippen LogP contribution < -0.4 is 5.32 Å². The average molecular weight is 194 g/mol. The molecule has 0 unspecified atom stereocenters. The number of hydrogen-bond donors (Lipinski definition) is 1. The Balaban J connectivity index is 2.73. The Morgan fingerprint density at radius 1 is 1.08 bits per heavy atom. The van der Waals surface area contributed by atoms with Crippen LogP contribution in [0.3, 0.4) is 0 Å². The third-order valence-electron chi connectivity index (χ3n) is 1.72. The van der Waals surface area contributed by atoms with Gasteiger partial charge in [0, 0.05) is 19.5 Å². The molecule has 0 aromatic carbocycles. The van der Waals surface area contributed by atoms with Crippen LogP contribution in [0.1, 0.15) is 25.7 Å². The van der Waals surface area contributed by atoms with Crippen LogP contribution in [0.4, 0.5) is 0 Å². The Morgan fingerprint density at radius 2 is 1.83 bits per heavy atom. The summed E-state index contributed by atoms with van der Waals surface area (Å²) in [5.74, 6) is 0.803. The van der Waals surface area contributed by atoms with Gasteiger partial charge in [0.25, 0.3) is 0 Å². The zero-order valence-corrected chi connectivity index (χ0v) is 8.70. The first-order chi connectivity index (χ1) is 5.91. The largest absolute Gasteiger partial charge is 0.383 e. The van der Waals surface area contributed by atoms with Gasteiger partial charge in [0.2, 0.25) is 0 Å². The maximum atomic E-state index is 5.55. The molecule has 0 aliphatic rings. The smallest absolute Gasteiger partial charge is 0.0587 e. The maximum absolute atomic E-state index is 5.55. The molecular weight excluding hydrogens is 174 g/mol. The van der Waals surface area contributed by atoms with Crippen LogP contribution in [0.5, 0.6) is 0 Å². The second-order valence-electron chi connectivity index (χ2n) is 2.85. The lowest BCUT2D eigenvalue weighted by atomic mass is 10.2. The quantitative estimate of drug-likeness (QED) is 0.447. The third kappa shape index (κ3) is 10.2. The minimum absolute atomic E-state index is 0.803. The summed E-state index contributed by atoms with van der Waals surface area (Å²) in [6, 6.07) is 0. The van der Waals surface area contributed by atoms with Gasteiger partial charge in [-0.1, -0.05) is 12.8 Å². The van der Waals surface area contributed by atoms with Crippen LogP contribution in [0.15, 0.2) is 0 Å². The highest BCUT2D eigenvalue weighted by atomic mass is 35.5. The number of methoxy groups -OCH3 is 1. The van der Waals surface area contributed by atoms with Crippen LogP contribution in [-0.2, 0) is 4.74 Å². The zero-order valence-electron chi connectivity index (χ0n) is 7.94. The minimum atomic E-state index is 0.803. The maximum Gasteiger partial charge on any atom is 0.0587 e. The number of nitrogens with one attached hydrogen (secondary N) is 1. The predicted molar refractivity (Wildman–Crippen MR) is 53.9 cm³/mol. The van der Waals surface area contributed by atoms with Crippen molar-refractivity contribution in [2.24, 2.45) is 0 Å². The lowest BCUT2D eigenvalue weighted by Gasteiger charge is -2.02. The van der Waals surface area contributed by atoms with Crippen LogP contribution in [0, 0.1) is 0 Å². The summed E-state index contributed by atoms with van der Waals surface area (Å²) in [6.07, 6.45) is 4.95. The van der Waals surface area contributed by atoms with E-state index in [4.69, 9.17) is 16.3 Å². The van der Waals surface area contributed by atoms with Crippen molar-refractivity contribution >= 4 is 11.6 Å². The normalized spacial score (nSPS) is 10.5. The van der Waals surface area contributed by atoms with Gasteiger partial charge in [0.05, 0.1) is 6.61 Å². The topological polar surface area (TPSA) is 21.3 Å². The minimum Gasteiger partial charge on any atom is -0.383 e. The standard InChI is InChI=1S/C9H20ClNO/c1-12-9-8-11-7-5-3-2-4-6-10/h11H,2-9H2,1H3. The number of hydrogen-bond acceptors (Lipinski definition) is 2. The monoisotopic (exact) mass is 193 g/mol. The molecule has 0 atom stereocenters. The van der Waals surface area contributed by atoms with E-state index < -0.39 is 0 Å². The molecule has 0 aromatic rings. The molecule has 3 heteroatoms. The van der Waals surface area contributed by atoms with E-state index >= 15 is 0 Å². The second kappa shape index (κ2) is 11.2. The molecule has 0 aliphatic heterocycles. The summed E-state index contributed by atoms with van der Waals surface area (Å²) in [5, 5.41) is 3.31. The predicted octanol–water partition coefficient (Wildman–Crippen LogP) is 2.02. The van der Waals surface area contributed by atoms with Gasteiger partial charge >= 0.3 is 0 Å². The van der Waals surface area contributed by atoms with Crippen LogP contribution >= 0.6 is 11.6 Å². The first kappa shape index (κ1) is 12.2. The molecule has 0 spiro atoms. The molecule has 1 N–H and O–H groups in total. The Labute approximate surface area is 80.6 Å². The SMILES string of the molecule is COCCNCCCCCCCl. The summed E-state index contributed by atoms with van der Waals surface area (Å²) >= 11 is 5.55. The third-order valence-corrected chi connectivity index (χ3v) is 1.99. The molecule has 0 fully saturated rings. The summed E-state index contributed by atoms with van der Waals surface area (Å²) in [6.45, 7) is 2.87. The van der Waals surface area contributed by atoms with Gasteiger partial charge in [0.1, 0.15) is 0 Å². The van der Waals surface area contributed by atoms with E-state index in [0.29, 0.717) is 0 Å². The highest BCUT2D eigenvalue weighted by molar-refractivity contribution is 6.17. The zero-order chi connectivity index (χ0) is 9.07. The van der Waals surface area contributed by atoms with E-state index in [1.165, 1.54) is 19.3 Å². The Bertz CT molecular complexity index is 70.9. The van der Waals surface area contributed by atoms with E-state index in [1.54, 1.807) is 7.11 Å². The summed E-state index contributed by atoms with van der Waals surface area (Å²) < 4.78 is 4.91. The number of rotatable bonds is 9. The number of halogens is 1. The molecule has 0 bridgehead atoms. The van der Waals surface area contributed by atoms with Gasteiger partial charge in [-0.3, -0.25) is 0 Å². The van der Waals surface area contributed by atoms with Crippen LogP contribution in [-0.4, -0.2) is 32.7 Å². The molecule has 0 saturated carbocycles. The van der Waals surface area contributed by atoms with Crippen molar-refractivity contribution in [2.75, 3.05) is 32.7 Å². The van der Waals surface area contributed by atoms with Gasteiger partial charge in [-0.2, -0.15) is 0 Å². The molecule has 0 rings (SSSR count). The first-order valence-corrected chi connectivity index (χ1v) is 5.21. The highest BCUT2D eigenvalue weighted by Crippen LogP contribution is 1.99. The van der Waals surface area contributed by atoms with Crippen molar-refractivity contribution in [2.45, 2.75) is 25.7 Å². The lowest BCUT2D eigenvalue weighted by Crippen LogP contribution is -2.20. The Kier molecular flexibility index (Phi) is 11.4. The van der Waals surface area contributed by atoms with Crippen molar-refractivity contribution < 1.29 is 4.74 Å². The van der Waals surface area contributed by atoms with Crippen molar-refractivity contribution in [1.29, 1.82) is 0 Å². The molecule has 0 amide bonds. The second-order valence-corrected chi connectivity index (χ2v) is 3.22. The molecular formula is C9H20ClNO. The fraction of sp³-hybridized carbons (Fsp3) is 1.00. The average Bonchev–Trinajstić information content (AvgIpc) is 2.10. The number of unbranched alkanes of at least 4 members (excludes halogenated alkanes) is 3. The van der Waals surface area contributed by atoms with E-state index in [1.807, 2.05) is 0 Å². The fourth-order valence-electron chi connectivity index (χ4n) is 0.997. The summed E-state index contributed by atoms with van der Waals surface area (Å²) in [4.78, 5) is 0. The van der Waals surface area contributed by atoms with E-state index in [0.717, 1.165) is 32.0 Å². The summed E-state index contributed by atoms with van der Waals surface area (Å²) in [7, 11) is 1.72. The Morgan fingerprint density at radius 3 is 2.50 bits per heavy atom. The number of ether oxygens (including phenoxy) is 1. The lowest BCUT2D eigenvalue weighted by molar-refractivity contribution is 0.199. The van der Waals surface area contributed by atoms with E-state index in [9.17, 15) is 0 Å². The highest BCUT2D eigenvalue weighted by Gasteiger charge is 1.89. The van der Waals surface area contributed by atoms with Gasteiger partial charge < -0.3 is 10.1 Å². The molecule has 12 heavy (non-hydrogen) atoms. The van der Waals surface area contributed by atoms with Crippen molar-refractivity contribution in [3.05, 3.63) is 0 Å². The van der Waals surface area contributed by atoms with Crippen molar-refractivity contribution in [3.63, 3.8) is 0 Å². The molecule has 0 aliphatic carbocycles. The molecule has 2 nitrogen and oxygen atoms in total. The van der Waals surface area contributed by atoms with Gasteiger partial charge in [-0.25, -0.2) is 0 Å². The molecule has 0 heterocycles. The molecule has 0 saturated heterocycles. The summed E-state index contributed by atoms with van der Waals surface area (Å²) in [5.41, 5.74) is 0. The molecule has 0 radical (unpaired) electrons. The first-order valence-electron chi connectivity index (χ1n) is 4.67. The fourth-order valence-corrected chi connectivity index (χ4v) is 1.19. The van der Waals surface area contributed by atoms with Crippen molar-refractivity contribution in [1.82, 2.24) is 5.32 Å². The van der Waals surface area contributed by atoms with E-state index in [-0.39, 0.29) is 0 Å². The van der Waals surface area contributed by atoms with Gasteiger partial charge in [0.15, 0.2) is 0 Å². The van der Waals surface area contributed by atoms with Crippen LogP contribution in [0.25, 0.3) is 0 Å². The number of alkyl halides is 1. The van der Waals surface area contributed by atoms with Gasteiger partial charge in [-0.05, 0) is 19.4 Å². The molecule has 74 valence electrons. The van der Waals surface area contributed by atoms with Crippen molar-refractivity contribution in [3.8, 4) is 0 Å². The van der Waals surface area contributed by atoms with E-state index in [2.05, 4.69) is 5.32 Å². The van der Waals surface area contributed by atoms with Gasteiger partial charge in [-0.15, -0.1) is 11.6 Å². The molecule has 0 aromatic heterocycles.